The lowest BCUT2D eigenvalue weighted by Crippen LogP contribution is -2.25. The van der Waals surface area contributed by atoms with E-state index in [0.717, 1.165) is 40.0 Å². The highest BCUT2D eigenvalue weighted by molar-refractivity contribution is 9.10. The number of ether oxygens (including phenoxy) is 1. The van der Waals surface area contributed by atoms with E-state index in [4.69, 9.17) is 9.72 Å². The topological polar surface area (TPSA) is 56.1 Å². The molecule has 0 saturated carbocycles. The average molecular weight is 506 g/mol. The van der Waals surface area contributed by atoms with Crippen LogP contribution in [-0.2, 0) is 13.1 Å². The molecule has 0 unspecified atom stereocenters. The number of carbonyl (C=O) groups is 1. The molecule has 5 nitrogen and oxygen atoms in total. The molecule has 3 aromatic carbocycles. The van der Waals surface area contributed by atoms with Crippen molar-refractivity contribution in [1.29, 1.82) is 0 Å². The molecule has 0 aliphatic carbocycles. The Hall–Kier alpha value is -3.12. The smallest absolute Gasteiger partial charge is 0.251 e. The van der Waals surface area contributed by atoms with Crippen molar-refractivity contribution in [3.05, 3.63) is 94.2 Å². The number of halogens is 1. The number of rotatable bonds is 9. The Bertz CT molecular complexity index is 1250. The molecule has 1 amide bonds. The third-order valence-corrected chi connectivity index (χ3v) is 6.05. The fourth-order valence-electron chi connectivity index (χ4n) is 3.89. The first kappa shape index (κ1) is 23.1. The van der Waals surface area contributed by atoms with Gasteiger partial charge in [0, 0.05) is 16.6 Å². The van der Waals surface area contributed by atoms with Crippen LogP contribution in [0.4, 0.5) is 0 Å². The maximum absolute atomic E-state index is 12.6. The maximum atomic E-state index is 12.6. The highest BCUT2D eigenvalue weighted by Crippen LogP contribution is 2.26. The van der Waals surface area contributed by atoms with E-state index in [0.29, 0.717) is 24.6 Å². The van der Waals surface area contributed by atoms with Gasteiger partial charge in [0.25, 0.3) is 5.91 Å². The van der Waals surface area contributed by atoms with E-state index in [1.165, 1.54) is 5.56 Å². The van der Waals surface area contributed by atoms with Crippen LogP contribution in [0.3, 0.4) is 0 Å². The first-order valence-electron chi connectivity index (χ1n) is 11.2. The Morgan fingerprint density at radius 1 is 1.06 bits per heavy atom. The predicted molar refractivity (Wildman–Crippen MR) is 136 cm³/mol. The lowest BCUT2D eigenvalue weighted by molar-refractivity contribution is 0.0949. The molecule has 4 rings (SSSR count). The van der Waals surface area contributed by atoms with Crippen molar-refractivity contribution < 1.29 is 9.53 Å². The van der Waals surface area contributed by atoms with Crippen LogP contribution in [0.15, 0.2) is 77.3 Å². The highest BCUT2D eigenvalue weighted by atomic mass is 79.9. The van der Waals surface area contributed by atoms with Crippen LogP contribution in [0.25, 0.3) is 11.0 Å². The van der Waals surface area contributed by atoms with E-state index in [9.17, 15) is 4.79 Å². The zero-order valence-corrected chi connectivity index (χ0v) is 20.5. The van der Waals surface area contributed by atoms with Gasteiger partial charge in [0.2, 0.25) is 0 Å². The monoisotopic (exact) mass is 505 g/mol. The molecule has 170 valence electrons. The number of para-hydroxylation sites is 3. The van der Waals surface area contributed by atoms with Crippen molar-refractivity contribution in [3.63, 3.8) is 0 Å². The molecule has 1 aromatic heterocycles. The molecule has 0 radical (unpaired) electrons. The van der Waals surface area contributed by atoms with Gasteiger partial charge in [-0.1, -0.05) is 66.2 Å². The van der Waals surface area contributed by atoms with E-state index in [-0.39, 0.29) is 5.91 Å². The van der Waals surface area contributed by atoms with E-state index in [2.05, 4.69) is 57.9 Å². The highest BCUT2D eigenvalue weighted by Gasteiger charge is 2.13. The molecule has 0 atom stereocenters. The normalized spacial score (nSPS) is 11.2. The van der Waals surface area contributed by atoms with Gasteiger partial charge in [-0.15, -0.1) is 0 Å². The lowest BCUT2D eigenvalue weighted by Gasteiger charge is -2.15. The number of imidazole rings is 1. The SMILES string of the molecule is CC(C)c1ccccc1OCCCn1c(CNC(=O)c2cccc(Br)c2)nc2ccccc21. The number of amides is 1. The lowest BCUT2D eigenvalue weighted by atomic mass is 10.0. The number of fused-ring (bicyclic) bond motifs is 1. The number of carbonyl (C=O) groups excluding carboxylic acids is 1. The fourth-order valence-corrected chi connectivity index (χ4v) is 4.29. The first-order valence-corrected chi connectivity index (χ1v) is 12.0. The molecule has 4 aromatic rings. The minimum Gasteiger partial charge on any atom is -0.493 e. The van der Waals surface area contributed by atoms with Crippen molar-refractivity contribution in [2.24, 2.45) is 0 Å². The number of aryl methyl sites for hydroxylation is 1. The standard InChI is InChI=1S/C27H28BrN3O2/c1-19(2)22-11-3-6-14-25(22)33-16-8-15-31-24-13-5-4-12-23(24)30-26(31)18-29-27(32)20-9-7-10-21(28)17-20/h3-7,9-14,17,19H,8,15-16,18H2,1-2H3,(H,29,32). The third-order valence-electron chi connectivity index (χ3n) is 5.55. The summed E-state index contributed by atoms with van der Waals surface area (Å²) in [7, 11) is 0. The van der Waals surface area contributed by atoms with Crippen molar-refractivity contribution in [2.45, 2.75) is 39.3 Å². The van der Waals surface area contributed by atoms with Gasteiger partial charge in [-0.2, -0.15) is 0 Å². The number of hydrogen-bond acceptors (Lipinski definition) is 3. The summed E-state index contributed by atoms with van der Waals surface area (Å²) in [5.74, 6) is 2.08. The molecule has 0 fully saturated rings. The van der Waals surface area contributed by atoms with Gasteiger partial charge < -0.3 is 14.6 Å². The number of aromatic nitrogens is 2. The van der Waals surface area contributed by atoms with E-state index in [1.807, 2.05) is 48.5 Å². The van der Waals surface area contributed by atoms with Crippen LogP contribution in [0, 0.1) is 0 Å². The van der Waals surface area contributed by atoms with Gasteiger partial charge in [0.15, 0.2) is 0 Å². The van der Waals surface area contributed by atoms with Crippen LogP contribution in [-0.4, -0.2) is 22.1 Å². The first-order chi connectivity index (χ1) is 16.0. The van der Waals surface area contributed by atoms with Crippen LogP contribution in [0.5, 0.6) is 5.75 Å². The molecule has 0 saturated heterocycles. The van der Waals surface area contributed by atoms with Crippen molar-refractivity contribution in [3.8, 4) is 5.75 Å². The van der Waals surface area contributed by atoms with Gasteiger partial charge >= 0.3 is 0 Å². The Labute approximate surface area is 202 Å². The van der Waals surface area contributed by atoms with Crippen molar-refractivity contribution in [2.75, 3.05) is 6.61 Å². The quantitative estimate of drug-likeness (QED) is 0.270. The molecule has 33 heavy (non-hydrogen) atoms. The minimum atomic E-state index is -0.122. The Balaban J connectivity index is 1.44. The maximum Gasteiger partial charge on any atom is 0.251 e. The second-order valence-electron chi connectivity index (χ2n) is 8.26. The molecule has 0 bridgehead atoms. The van der Waals surface area contributed by atoms with E-state index in [1.54, 1.807) is 6.07 Å². The molecule has 0 aliphatic heterocycles. The Morgan fingerprint density at radius 3 is 2.67 bits per heavy atom. The number of benzene rings is 3. The number of nitrogens with one attached hydrogen (secondary N) is 1. The predicted octanol–water partition coefficient (Wildman–Crippen LogP) is 6.32. The molecule has 0 aliphatic rings. The van der Waals surface area contributed by atoms with Gasteiger partial charge in [0.05, 0.1) is 24.2 Å². The van der Waals surface area contributed by atoms with Crippen LogP contribution in [0.1, 0.15) is 47.9 Å². The summed E-state index contributed by atoms with van der Waals surface area (Å²) in [5, 5.41) is 3.01. The van der Waals surface area contributed by atoms with Gasteiger partial charge in [-0.25, -0.2) is 4.98 Å². The third kappa shape index (κ3) is 5.63. The Morgan fingerprint density at radius 2 is 1.85 bits per heavy atom. The van der Waals surface area contributed by atoms with E-state index < -0.39 is 0 Å². The zero-order chi connectivity index (χ0) is 23.2. The summed E-state index contributed by atoms with van der Waals surface area (Å²) >= 11 is 3.42. The molecule has 1 heterocycles. The Kier molecular flexibility index (Phi) is 7.45. The van der Waals surface area contributed by atoms with Crippen molar-refractivity contribution in [1.82, 2.24) is 14.9 Å². The molecular weight excluding hydrogens is 478 g/mol. The molecular formula is C27H28BrN3O2. The average Bonchev–Trinajstić information content (AvgIpc) is 3.18. The molecule has 0 spiro atoms. The largest absolute Gasteiger partial charge is 0.493 e. The summed E-state index contributed by atoms with van der Waals surface area (Å²) in [4.78, 5) is 17.4. The summed E-state index contributed by atoms with van der Waals surface area (Å²) in [5.41, 5.74) is 3.83. The second kappa shape index (κ2) is 10.7. The minimum absolute atomic E-state index is 0.122. The number of nitrogens with zero attached hydrogens (tertiary/aromatic N) is 2. The number of hydrogen-bond donors (Lipinski definition) is 1. The van der Waals surface area contributed by atoms with Crippen molar-refractivity contribution >= 4 is 32.9 Å². The molecule has 1 N–H and O–H groups in total. The van der Waals surface area contributed by atoms with Gasteiger partial charge in [0.1, 0.15) is 11.6 Å². The summed E-state index contributed by atoms with van der Waals surface area (Å²) in [6, 6.07) is 23.6. The zero-order valence-electron chi connectivity index (χ0n) is 18.9. The van der Waals surface area contributed by atoms with Crippen LogP contribution >= 0.6 is 15.9 Å². The van der Waals surface area contributed by atoms with E-state index >= 15 is 0 Å². The van der Waals surface area contributed by atoms with Crippen LogP contribution < -0.4 is 10.1 Å². The second-order valence-corrected chi connectivity index (χ2v) is 9.17. The van der Waals surface area contributed by atoms with Gasteiger partial charge in [-0.05, 0) is 54.3 Å². The summed E-state index contributed by atoms with van der Waals surface area (Å²) < 4.78 is 9.16. The summed E-state index contributed by atoms with van der Waals surface area (Å²) in [6.07, 6.45) is 0.833. The molecule has 6 heteroatoms. The summed E-state index contributed by atoms with van der Waals surface area (Å²) in [6.45, 7) is 6.08. The fraction of sp³-hybridized carbons (Fsp3) is 0.259. The van der Waals surface area contributed by atoms with Crippen LogP contribution in [0.2, 0.25) is 0 Å². The van der Waals surface area contributed by atoms with Gasteiger partial charge in [-0.3, -0.25) is 4.79 Å².